The third-order valence-corrected chi connectivity index (χ3v) is 8.38. The summed E-state index contributed by atoms with van der Waals surface area (Å²) in [5.41, 5.74) is 0.830. The van der Waals surface area contributed by atoms with Crippen molar-refractivity contribution in [2.75, 3.05) is 52.5 Å². The normalized spacial score (nSPS) is 21.7. The van der Waals surface area contributed by atoms with Gasteiger partial charge in [0.25, 0.3) is 5.91 Å². The maximum Gasteiger partial charge on any atom is 0.255 e. The molecule has 6 rings (SSSR count). The smallest absolute Gasteiger partial charge is 0.255 e. The summed E-state index contributed by atoms with van der Waals surface area (Å²) in [5.74, 6) is 0.539. The summed E-state index contributed by atoms with van der Waals surface area (Å²) in [7, 11) is 0. The van der Waals surface area contributed by atoms with Crippen LogP contribution in [0.2, 0.25) is 0 Å². The van der Waals surface area contributed by atoms with Crippen molar-refractivity contribution in [3.8, 4) is 0 Å². The molecule has 196 valence electrons. The summed E-state index contributed by atoms with van der Waals surface area (Å²) in [6, 6.07) is 19.1. The van der Waals surface area contributed by atoms with Gasteiger partial charge >= 0.3 is 0 Å². The van der Waals surface area contributed by atoms with Crippen LogP contribution in [0.4, 0.5) is 0 Å². The second kappa shape index (κ2) is 11.4. The molecule has 3 aliphatic rings. The highest BCUT2D eigenvalue weighted by atomic mass is 35.5. The molecule has 3 aromatic carbocycles. The molecule has 0 bridgehead atoms. The van der Waals surface area contributed by atoms with Gasteiger partial charge in [-0.05, 0) is 59.8 Å². The lowest BCUT2D eigenvalue weighted by molar-refractivity contribution is -0.141. The molecule has 3 aliphatic heterocycles. The molecular formula is C30H36ClN3O3. The molecule has 0 aromatic heterocycles. The average Bonchev–Trinajstić information content (AvgIpc) is 2.96. The molecule has 37 heavy (non-hydrogen) atoms. The van der Waals surface area contributed by atoms with Crippen LogP contribution >= 0.6 is 12.4 Å². The Bertz CT molecular complexity index is 1210. The van der Waals surface area contributed by atoms with Crippen LogP contribution in [-0.4, -0.2) is 85.0 Å². The Morgan fingerprint density at radius 3 is 2.03 bits per heavy atom. The van der Waals surface area contributed by atoms with Gasteiger partial charge in [0.2, 0.25) is 5.91 Å². The van der Waals surface area contributed by atoms with E-state index in [1.54, 1.807) is 0 Å². The number of morpholine rings is 1. The minimum absolute atomic E-state index is 0. The first-order chi connectivity index (χ1) is 17.7. The van der Waals surface area contributed by atoms with Crippen LogP contribution in [0.1, 0.15) is 36.0 Å². The van der Waals surface area contributed by atoms with Crippen LogP contribution in [0.15, 0.2) is 54.6 Å². The van der Waals surface area contributed by atoms with Crippen molar-refractivity contribution in [1.82, 2.24) is 14.7 Å². The van der Waals surface area contributed by atoms with E-state index < -0.39 is 0 Å². The number of carbonyl (C=O) groups excluding carboxylic acids is 2. The number of hydrogen-bond acceptors (Lipinski definition) is 4. The van der Waals surface area contributed by atoms with Crippen LogP contribution in [-0.2, 0) is 9.53 Å². The fourth-order valence-corrected chi connectivity index (χ4v) is 6.42. The van der Waals surface area contributed by atoms with Crippen LogP contribution in [0, 0.1) is 5.92 Å². The topological polar surface area (TPSA) is 53.1 Å². The highest BCUT2D eigenvalue weighted by Crippen LogP contribution is 2.31. The molecule has 0 spiro atoms. The molecule has 1 atom stereocenters. The summed E-state index contributed by atoms with van der Waals surface area (Å²) >= 11 is 0. The van der Waals surface area contributed by atoms with Gasteiger partial charge in [0.1, 0.15) is 0 Å². The standard InChI is InChI=1S/C30H35N3O3.ClH/c34-29(32-16-18-36-19-17-32)24-8-5-13-33(21-24)25-11-14-31(15-12-25)30(35)28-26-9-3-1-6-22(26)20-23-7-2-4-10-27(23)28;/h1-4,6-7,9-10,20,24-25H,5,8,11-19,21H2;1H. The molecule has 2 amide bonds. The number of ether oxygens (including phenoxy) is 1. The Hall–Kier alpha value is -2.67. The summed E-state index contributed by atoms with van der Waals surface area (Å²) in [6.07, 6.45) is 3.99. The largest absolute Gasteiger partial charge is 0.378 e. The Balaban J connectivity index is 0.00000280. The third-order valence-electron chi connectivity index (χ3n) is 8.38. The van der Waals surface area contributed by atoms with E-state index >= 15 is 0 Å². The van der Waals surface area contributed by atoms with Crippen LogP contribution in [0.25, 0.3) is 21.5 Å². The van der Waals surface area contributed by atoms with E-state index in [4.69, 9.17) is 4.74 Å². The second-order valence-corrected chi connectivity index (χ2v) is 10.5. The molecule has 7 heteroatoms. The van der Waals surface area contributed by atoms with Gasteiger partial charge in [0, 0.05) is 38.8 Å². The zero-order valence-electron chi connectivity index (χ0n) is 21.3. The molecule has 0 N–H and O–H groups in total. The maximum atomic E-state index is 13.9. The highest BCUT2D eigenvalue weighted by molar-refractivity contribution is 6.18. The predicted molar refractivity (Wildman–Crippen MR) is 149 cm³/mol. The van der Waals surface area contributed by atoms with E-state index in [2.05, 4.69) is 35.2 Å². The van der Waals surface area contributed by atoms with Crippen molar-refractivity contribution in [2.24, 2.45) is 5.92 Å². The van der Waals surface area contributed by atoms with Crippen molar-refractivity contribution in [3.63, 3.8) is 0 Å². The molecule has 1 unspecified atom stereocenters. The number of fused-ring (bicyclic) bond motifs is 2. The molecule has 0 saturated carbocycles. The molecule has 3 saturated heterocycles. The molecule has 6 nitrogen and oxygen atoms in total. The van der Waals surface area contributed by atoms with E-state index in [-0.39, 0.29) is 24.2 Å². The van der Waals surface area contributed by atoms with Crippen molar-refractivity contribution < 1.29 is 14.3 Å². The first-order valence-corrected chi connectivity index (χ1v) is 13.5. The molecular weight excluding hydrogens is 486 g/mol. The SMILES string of the molecule is Cl.O=C(c1c2ccccc2cc2ccccc12)N1CCC(N2CCCC(C(=O)N3CCOCC3)C2)CC1. The molecule has 0 radical (unpaired) electrons. The molecule has 3 aromatic rings. The number of benzene rings is 3. The number of piperidine rings is 2. The highest BCUT2D eigenvalue weighted by Gasteiger charge is 2.35. The Morgan fingerprint density at radius 1 is 0.757 bits per heavy atom. The van der Waals surface area contributed by atoms with Crippen molar-refractivity contribution in [2.45, 2.75) is 31.7 Å². The van der Waals surface area contributed by atoms with Crippen molar-refractivity contribution >= 4 is 45.8 Å². The van der Waals surface area contributed by atoms with Crippen LogP contribution in [0.5, 0.6) is 0 Å². The Kier molecular flexibility index (Phi) is 7.98. The first-order valence-electron chi connectivity index (χ1n) is 13.5. The number of likely N-dealkylation sites (tertiary alicyclic amines) is 2. The van der Waals surface area contributed by atoms with Crippen molar-refractivity contribution in [1.29, 1.82) is 0 Å². The summed E-state index contributed by atoms with van der Waals surface area (Å²) in [5, 5.41) is 4.28. The van der Waals surface area contributed by atoms with Gasteiger partial charge in [-0.25, -0.2) is 0 Å². The molecule has 0 aliphatic carbocycles. The minimum Gasteiger partial charge on any atom is -0.378 e. The lowest BCUT2D eigenvalue weighted by atomic mass is 9.92. The number of carbonyl (C=O) groups is 2. The monoisotopic (exact) mass is 521 g/mol. The van der Waals surface area contributed by atoms with Crippen LogP contribution in [0.3, 0.4) is 0 Å². The number of hydrogen-bond donors (Lipinski definition) is 0. The summed E-state index contributed by atoms with van der Waals surface area (Å²) in [6.45, 7) is 6.18. The fraction of sp³-hybridized carbons (Fsp3) is 0.467. The third kappa shape index (κ3) is 5.20. The lowest BCUT2D eigenvalue weighted by Gasteiger charge is -2.43. The first kappa shape index (κ1) is 26.0. The van der Waals surface area contributed by atoms with Gasteiger partial charge in [0.15, 0.2) is 0 Å². The number of rotatable bonds is 3. The van der Waals surface area contributed by atoms with E-state index in [9.17, 15) is 9.59 Å². The van der Waals surface area contributed by atoms with Gasteiger partial charge in [0.05, 0.1) is 24.7 Å². The number of nitrogens with zero attached hydrogens (tertiary/aromatic N) is 3. The zero-order valence-corrected chi connectivity index (χ0v) is 22.1. The van der Waals surface area contributed by atoms with E-state index in [0.717, 1.165) is 92.1 Å². The van der Waals surface area contributed by atoms with Crippen molar-refractivity contribution in [3.05, 3.63) is 60.2 Å². The molecule has 3 fully saturated rings. The quantitative estimate of drug-likeness (QED) is 0.473. The average molecular weight is 522 g/mol. The fourth-order valence-electron chi connectivity index (χ4n) is 6.42. The molecule has 3 heterocycles. The number of amides is 2. The van der Waals surface area contributed by atoms with E-state index in [0.29, 0.717) is 25.2 Å². The van der Waals surface area contributed by atoms with Gasteiger partial charge in [-0.3, -0.25) is 14.5 Å². The predicted octanol–water partition coefficient (Wildman–Crippen LogP) is 4.59. The van der Waals surface area contributed by atoms with Gasteiger partial charge in [-0.1, -0.05) is 48.5 Å². The van der Waals surface area contributed by atoms with Gasteiger partial charge < -0.3 is 14.5 Å². The van der Waals surface area contributed by atoms with Gasteiger partial charge in [-0.2, -0.15) is 0 Å². The maximum absolute atomic E-state index is 13.9. The Morgan fingerprint density at radius 2 is 1.38 bits per heavy atom. The number of halogens is 1. The lowest BCUT2D eigenvalue weighted by Crippen LogP contribution is -2.53. The minimum atomic E-state index is 0. The Labute approximate surface area is 224 Å². The van der Waals surface area contributed by atoms with Crippen LogP contribution < -0.4 is 0 Å². The van der Waals surface area contributed by atoms with E-state index in [1.807, 2.05) is 34.1 Å². The zero-order chi connectivity index (χ0) is 24.5. The second-order valence-electron chi connectivity index (χ2n) is 10.5. The van der Waals surface area contributed by atoms with E-state index in [1.165, 1.54) is 0 Å². The summed E-state index contributed by atoms with van der Waals surface area (Å²) in [4.78, 5) is 33.5. The van der Waals surface area contributed by atoms with Gasteiger partial charge in [-0.15, -0.1) is 12.4 Å². The summed E-state index contributed by atoms with van der Waals surface area (Å²) < 4.78 is 5.43.